The average Bonchev–Trinajstić information content (AvgIpc) is 2.96. The summed E-state index contributed by atoms with van der Waals surface area (Å²) in [4.78, 5) is 15.4. The molecule has 0 amide bonds. The second-order valence-electron chi connectivity index (χ2n) is 4.09. The van der Waals surface area contributed by atoms with Crippen LogP contribution in [-0.2, 0) is 0 Å². The highest BCUT2D eigenvalue weighted by atomic mass is 16.1. The van der Waals surface area contributed by atoms with Crippen molar-refractivity contribution in [2.24, 2.45) is 0 Å². The maximum absolute atomic E-state index is 11.0. The van der Waals surface area contributed by atoms with Gasteiger partial charge in [0.1, 0.15) is 5.82 Å². The highest BCUT2D eigenvalue weighted by molar-refractivity contribution is 5.74. The predicted molar refractivity (Wildman–Crippen MR) is 60.6 cm³/mol. The lowest BCUT2D eigenvalue weighted by Gasteiger charge is -2.10. The summed E-state index contributed by atoms with van der Waals surface area (Å²) >= 11 is 0. The zero-order chi connectivity index (χ0) is 11.0. The van der Waals surface area contributed by atoms with Crippen LogP contribution in [0, 0.1) is 0 Å². The summed E-state index contributed by atoms with van der Waals surface area (Å²) in [6.45, 7) is 1.03. The van der Waals surface area contributed by atoms with E-state index in [1.807, 2.05) is 28.8 Å². The predicted octanol–water partition coefficient (Wildman–Crippen LogP) is 1.57. The number of imidazole rings is 1. The van der Waals surface area contributed by atoms with Crippen molar-refractivity contribution in [3.8, 4) is 0 Å². The van der Waals surface area contributed by atoms with Gasteiger partial charge in [-0.05, 0) is 31.5 Å². The standard InChI is InChI=1S/C12H13N3O/c16-8-10-4-1-3-9-7-14-12(15(9)10)11-5-2-6-13-11/h1,3-4,7-8,11,13H,2,5-6H2. The van der Waals surface area contributed by atoms with Crippen molar-refractivity contribution in [3.05, 3.63) is 35.9 Å². The zero-order valence-electron chi connectivity index (χ0n) is 8.89. The molecule has 1 aliphatic rings. The molecule has 16 heavy (non-hydrogen) atoms. The van der Waals surface area contributed by atoms with Gasteiger partial charge in [0.25, 0.3) is 0 Å². The number of aldehydes is 1. The fourth-order valence-electron chi connectivity index (χ4n) is 2.34. The fraction of sp³-hybridized carbons (Fsp3) is 0.333. The van der Waals surface area contributed by atoms with E-state index in [0.717, 1.165) is 30.6 Å². The average molecular weight is 215 g/mol. The van der Waals surface area contributed by atoms with Crippen molar-refractivity contribution >= 4 is 11.8 Å². The smallest absolute Gasteiger partial charge is 0.166 e. The number of aromatic nitrogens is 2. The SMILES string of the molecule is O=Cc1cccc2cnc(C3CCCN3)n12. The maximum Gasteiger partial charge on any atom is 0.166 e. The van der Waals surface area contributed by atoms with Crippen molar-refractivity contribution in [1.29, 1.82) is 0 Å². The number of carbonyl (C=O) groups is 1. The van der Waals surface area contributed by atoms with E-state index < -0.39 is 0 Å². The molecule has 1 N–H and O–H groups in total. The van der Waals surface area contributed by atoms with Crippen molar-refractivity contribution in [2.75, 3.05) is 6.54 Å². The van der Waals surface area contributed by atoms with Gasteiger partial charge in [-0.15, -0.1) is 0 Å². The van der Waals surface area contributed by atoms with Crippen LogP contribution in [0.3, 0.4) is 0 Å². The summed E-state index contributed by atoms with van der Waals surface area (Å²) in [5.41, 5.74) is 1.65. The lowest BCUT2D eigenvalue weighted by atomic mass is 10.2. The summed E-state index contributed by atoms with van der Waals surface area (Å²) in [5.74, 6) is 0.954. The van der Waals surface area contributed by atoms with Crippen LogP contribution in [0.15, 0.2) is 24.4 Å². The first-order chi connectivity index (χ1) is 7.90. The van der Waals surface area contributed by atoms with Crippen LogP contribution in [0.2, 0.25) is 0 Å². The molecule has 1 aliphatic heterocycles. The Morgan fingerprint density at radius 2 is 2.44 bits per heavy atom. The van der Waals surface area contributed by atoms with Gasteiger partial charge in [-0.1, -0.05) is 6.07 Å². The highest BCUT2D eigenvalue weighted by Gasteiger charge is 2.21. The van der Waals surface area contributed by atoms with Gasteiger partial charge in [0.05, 0.1) is 23.4 Å². The normalized spacial score (nSPS) is 20.4. The number of fused-ring (bicyclic) bond motifs is 1. The molecule has 0 saturated carbocycles. The first kappa shape index (κ1) is 9.54. The molecule has 4 nitrogen and oxygen atoms in total. The van der Waals surface area contributed by atoms with Gasteiger partial charge in [-0.2, -0.15) is 0 Å². The molecule has 3 heterocycles. The minimum absolute atomic E-state index is 0.281. The molecule has 1 fully saturated rings. The van der Waals surface area contributed by atoms with E-state index in [0.29, 0.717) is 5.69 Å². The van der Waals surface area contributed by atoms with Crippen LogP contribution in [0.1, 0.15) is 35.2 Å². The first-order valence-corrected chi connectivity index (χ1v) is 5.55. The molecule has 82 valence electrons. The van der Waals surface area contributed by atoms with Crippen molar-refractivity contribution in [1.82, 2.24) is 14.7 Å². The number of nitrogens with zero attached hydrogens (tertiary/aromatic N) is 2. The third kappa shape index (κ3) is 1.34. The Bertz CT molecular complexity index is 526. The van der Waals surface area contributed by atoms with Crippen LogP contribution in [0.5, 0.6) is 0 Å². The van der Waals surface area contributed by atoms with Gasteiger partial charge in [-0.25, -0.2) is 4.98 Å². The summed E-state index contributed by atoms with van der Waals surface area (Å²) in [6, 6.07) is 5.95. The van der Waals surface area contributed by atoms with Crippen LogP contribution >= 0.6 is 0 Å². The van der Waals surface area contributed by atoms with E-state index in [2.05, 4.69) is 10.3 Å². The van der Waals surface area contributed by atoms with Gasteiger partial charge >= 0.3 is 0 Å². The minimum Gasteiger partial charge on any atom is -0.307 e. The Kier molecular flexibility index (Phi) is 2.22. The summed E-state index contributed by atoms with van der Waals surface area (Å²) in [7, 11) is 0. The number of rotatable bonds is 2. The topological polar surface area (TPSA) is 46.4 Å². The van der Waals surface area contributed by atoms with Crippen LogP contribution in [0.25, 0.3) is 5.52 Å². The van der Waals surface area contributed by atoms with Gasteiger partial charge in [0.15, 0.2) is 6.29 Å². The third-order valence-electron chi connectivity index (χ3n) is 3.10. The van der Waals surface area contributed by atoms with Crippen LogP contribution in [-0.4, -0.2) is 22.2 Å². The van der Waals surface area contributed by atoms with E-state index in [9.17, 15) is 4.79 Å². The quantitative estimate of drug-likeness (QED) is 0.773. The van der Waals surface area contributed by atoms with Crippen molar-refractivity contribution < 1.29 is 4.79 Å². The van der Waals surface area contributed by atoms with E-state index in [1.165, 1.54) is 6.42 Å². The molecule has 2 aromatic rings. The van der Waals surface area contributed by atoms with Crippen molar-refractivity contribution in [2.45, 2.75) is 18.9 Å². The Morgan fingerprint density at radius 1 is 1.50 bits per heavy atom. The Labute approximate surface area is 93.3 Å². The molecule has 0 spiro atoms. The van der Waals surface area contributed by atoms with E-state index in [1.54, 1.807) is 0 Å². The molecule has 0 aromatic carbocycles. The number of hydrogen-bond acceptors (Lipinski definition) is 3. The monoisotopic (exact) mass is 215 g/mol. The third-order valence-corrected chi connectivity index (χ3v) is 3.10. The molecular weight excluding hydrogens is 202 g/mol. The molecule has 1 atom stereocenters. The molecule has 0 bridgehead atoms. The summed E-state index contributed by atoms with van der Waals surface area (Å²) in [5, 5.41) is 3.40. The number of carbonyl (C=O) groups excluding carboxylic acids is 1. The first-order valence-electron chi connectivity index (χ1n) is 5.55. The van der Waals surface area contributed by atoms with Crippen molar-refractivity contribution in [3.63, 3.8) is 0 Å². The summed E-state index contributed by atoms with van der Waals surface area (Å²) < 4.78 is 1.94. The Morgan fingerprint density at radius 3 is 3.19 bits per heavy atom. The molecule has 0 radical (unpaired) electrons. The highest BCUT2D eigenvalue weighted by Crippen LogP contribution is 2.23. The van der Waals surface area contributed by atoms with Gasteiger partial charge in [0.2, 0.25) is 0 Å². The zero-order valence-corrected chi connectivity index (χ0v) is 8.89. The number of pyridine rings is 1. The molecule has 3 rings (SSSR count). The molecule has 2 aromatic heterocycles. The van der Waals surface area contributed by atoms with E-state index in [-0.39, 0.29) is 6.04 Å². The number of nitrogens with one attached hydrogen (secondary N) is 1. The van der Waals surface area contributed by atoms with Crippen LogP contribution in [0.4, 0.5) is 0 Å². The largest absolute Gasteiger partial charge is 0.307 e. The second-order valence-corrected chi connectivity index (χ2v) is 4.09. The lowest BCUT2D eigenvalue weighted by Crippen LogP contribution is -2.16. The molecule has 0 aliphatic carbocycles. The molecular formula is C12H13N3O. The van der Waals surface area contributed by atoms with E-state index >= 15 is 0 Å². The van der Waals surface area contributed by atoms with Gasteiger partial charge in [0, 0.05) is 0 Å². The Balaban J connectivity index is 2.20. The summed E-state index contributed by atoms with van der Waals surface area (Å²) in [6.07, 6.45) is 4.96. The second kappa shape index (κ2) is 3.72. The Hall–Kier alpha value is -1.68. The molecule has 1 saturated heterocycles. The van der Waals surface area contributed by atoms with Crippen LogP contribution < -0.4 is 5.32 Å². The lowest BCUT2D eigenvalue weighted by molar-refractivity contribution is 0.111. The maximum atomic E-state index is 11.0. The molecule has 1 unspecified atom stereocenters. The van der Waals surface area contributed by atoms with Gasteiger partial charge in [-0.3, -0.25) is 9.20 Å². The number of hydrogen-bond donors (Lipinski definition) is 1. The minimum atomic E-state index is 0.281. The van der Waals surface area contributed by atoms with E-state index in [4.69, 9.17) is 0 Å². The fourth-order valence-corrected chi connectivity index (χ4v) is 2.34. The van der Waals surface area contributed by atoms with Gasteiger partial charge < -0.3 is 5.32 Å². The molecule has 4 heteroatoms.